The molecule has 13 heteroatoms. The predicted molar refractivity (Wildman–Crippen MR) is 122 cm³/mol. The van der Waals surface area contributed by atoms with E-state index in [0.717, 1.165) is 6.07 Å². The fourth-order valence-electron chi connectivity index (χ4n) is 3.74. The molecule has 1 aliphatic rings. The third-order valence-electron chi connectivity index (χ3n) is 5.42. The van der Waals surface area contributed by atoms with Crippen LogP contribution in [0.25, 0.3) is 11.3 Å². The molecule has 2 heterocycles. The Morgan fingerprint density at radius 1 is 1.11 bits per heavy atom. The number of anilines is 1. The van der Waals surface area contributed by atoms with Crippen LogP contribution in [0.1, 0.15) is 27.2 Å². The van der Waals surface area contributed by atoms with Gasteiger partial charge in [-0.3, -0.25) is 9.48 Å². The van der Waals surface area contributed by atoms with Gasteiger partial charge in [-0.05, 0) is 30.3 Å². The minimum atomic E-state index is -4.80. The van der Waals surface area contributed by atoms with E-state index in [0.29, 0.717) is 17.3 Å². The SMILES string of the molecule is N#Cc1ccc(NC(=O)c2c(-c3ccc(Cl)c(Cl)c3)nn3c2CN(C(N)=O)CC3)cc1C(F)(F)F. The number of fused-ring (bicyclic) bond motifs is 1. The first-order valence-corrected chi connectivity index (χ1v) is 10.8. The van der Waals surface area contributed by atoms with Crippen LogP contribution in [0.5, 0.6) is 0 Å². The molecule has 3 N–H and O–H groups in total. The zero-order chi connectivity index (χ0) is 25.5. The summed E-state index contributed by atoms with van der Waals surface area (Å²) in [4.78, 5) is 26.4. The maximum atomic E-state index is 13.4. The molecule has 4 rings (SSSR count). The van der Waals surface area contributed by atoms with E-state index in [9.17, 15) is 22.8 Å². The molecule has 2 aromatic carbocycles. The maximum Gasteiger partial charge on any atom is 0.417 e. The van der Waals surface area contributed by atoms with Crippen molar-refractivity contribution in [1.82, 2.24) is 14.7 Å². The van der Waals surface area contributed by atoms with Crippen molar-refractivity contribution in [3.63, 3.8) is 0 Å². The number of carbonyl (C=O) groups excluding carboxylic acids is 2. The molecule has 0 spiro atoms. The van der Waals surface area contributed by atoms with Gasteiger partial charge in [0.2, 0.25) is 0 Å². The van der Waals surface area contributed by atoms with Crippen molar-refractivity contribution in [2.45, 2.75) is 19.3 Å². The average molecular weight is 523 g/mol. The molecule has 0 aliphatic carbocycles. The van der Waals surface area contributed by atoms with Crippen molar-refractivity contribution in [3.8, 4) is 17.3 Å². The number of nitriles is 1. The lowest BCUT2D eigenvalue weighted by Gasteiger charge is -2.26. The second-order valence-electron chi connectivity index (χ2n) is 7.61. The fourth-order valence-corrected chi connectivity index (χ4v) is 4.04. The minimum absolute atomic E-state index is 0.0341. The molecule has 3 amide bonds. The highest BCUT2D eigenvalue weighted by Crippen LogP contribution is 2.35. The number of amides is 3. The van der Waals surface area contributed by atoms with Crippen molar-refractivity contribution in [2.75, 3.05) is 11.9 Å². The summed E-state index contributed by atoms with van der Waals surface area (Å²) in [6.07, 6.45) is -4.80. The number of nitrogens with two attached hydrogens (primary N) is 1. The predicted octanol–water partition coefficient (Wildman–Crippen LogP) is 4.89. The molecule has 0 radical (unpaired) electrons. The van der Waals surface area contributed by atoms with Gasteiger partial charge < -0.3 is 16.0 Å². The van der Waals surface area contributed by atoms with Gasteiger partial charge in [0, 0.05) is 17.8 Å². The van der Waals surface area contributed by atoms with Gasteiger partial charge in [-0.15, -0.1) is 0 Å². The summed E-state index contributed by atoms with van der Waals surface area (Å²) < 4.78 is 41.7. The Bertz CT molecular complexity index is 1400. The van der Waals surface area contributed by atoms with E-state index < -0.39 is 29.2 Å². The van der Waals surface area contributed by atoms with E-state index in [4.69, 9.17) is 34.2 Å². The zero-order valence-corrected chi connectivity index (χ0v) is 19.2. The molecule has 0 bridgehead atoms. The smallest absolute Gasteiger partial charge is 0.351 e. The fraction of sp³-hybridized carbons (Fsp3) is 0.182. The summed E-state index contributed by atoms with van der Waals surface area (Å²) in [5, 5.41) is 16.4. The van der Waals surface area contributed by atoms with Gasteiger partial charge in [0.25, 0.3) is 5.91 Å². The van der Waals surface area contributed by atoms with Crippen molar-refractivity contribution < 1.29 is 22.8 Å². The summed E-state index contributed by atoms with van der Waals surface area (Å²) >= 11 is 12.1. The third kappa shape index (κ3) is 4.76. The van der Waals surface area contributed by atoms with Crippen molar-refractivity contribution in [2.24, 2.45) is 5.73 Å². The molecule has 0 unspecified atom stereocenters. The Hall–Kier alpha value is -3.75. The lowest BCUT2D eigenvalue weighted by molar-refractivity contribution is -0.137. The summed E-state index contributed by atoms with van der Waals surface area (Å²) in [5.41, 5.74) is 4.49. The van der Waals surface area contributed by atoms with Crippen LogP contribution in [0.3, 0.4) is 0 Å². The number of halogens is 5. The molecule has 35 heavy (non-hydrogen) atoms. The van der Waals surface area contributed by atoms with E-state index >= 15 is 0 Å². The first kappa shape index (κ1) is 24.4. The van der Waals surface area contributed by atoms with Crippen LogP contribution in [-0.4, -0.2) is 33.2 Å². The second-order valence-corrected chi connectivity index (χ2v) is 8.42. The van der Waals surface area contributed by atoms with Crippen molar-refractivity contribution >= 4 is 40.8 Å². The summed E-state index contributed by atoms with van der Waals surface area (Å²) in [6, 6.07) is 8.26. The van der Waals surface area contributed by atoms with Crippen LogP contribution in [0.2, 0.25) is 10.0 Å². The number of alkyl halides is 3. The number of nitrogens with zero attached hydrogens (tertiary/aromatic N) is 4. The Morgan fingerprint density at radius 3 is 2.49 bits per heavy atom. The number of urea groups is 1. The number of carbonyl (C=O) groups is 2. The van der Waals surface area contributed by atoms with Gasteiger partial charge in [0.1, 0.15) is 5.69 Å². The van der Waals surface area contributed by atoms with Crippen molar-refractivity contribution in [3.05, 3.63) is 68.8 Å². The van der Waals surface area contributed by atoms with Gasteiger partial charge in [0.15, 0.2) is 0 Å². The molecule has 0 fully saturated rings. The van der Waals surface area contributed by atoms with Gasteiger partial charge in [0.05, 0.1) is 51.6 Å². The Morgan fingerprint density at radius 2 is 1.86 bits per heavy atom. The number of hydrogen-bond acceptors (Lipinski definition) is 4. The molecule has 8 nitrogen and oxygen atoms in total. The normalized spacial score (nSPS) is 13.2. The highest BCUT2D eigenvalue weighted by molar-refractivity contribution is 6.42. The van der Waals surface area contributed by atoms with Gasteiger partial charge >= 0.3 is 12.2 Å². The van der Waals surface area contributed by atoms with Crippen molar-refractivity contribution in [1.29, 1.82) is 5.26 Å². The monoisotopic (exact) mass is 522 g/mol. The molecular formula is C22H15Cl2F3N6O2. The number of hydrogen-bond donors (Lipinski definition) is 2. The van der Waals surface area contributed by atoms with Crippen LogP contribution >= 0.6 is 23.2 Å². The van der Waals surface area contributed by atoms with Crippen LogP contribution < -0.4 is 11.1 Å². The Kier molecular flexibility index (Phi) is 6.36. The lowest BCUT2D eigenvalue weighted by atomic mass is 10.0. The standard InChI is InChI=1S/C22H15Cl2F3N6O2/c23-15-4-2-11(7-16(15)24)19-18(17-10-32(21(29)35)5-6-33(17)31-19)20(34)30-13-3-1-12(9-28)14(8-13)22(25,26)27/h1-4,7-8H,5-6,10H2,(H2,29,35)(H,30,34). The summed E-state index contributed by atoms with van der Waals surface area (Å²) in [7, 11) is 0. The molecule has 1 aliphatic heterocycles. The number of nitrogens with one attached hydrogen (secondary N) is 1. The van der Waals surface area contributed by atoms with Crippen LogP contribution in [-0.2, 0) is 19.3 Å². The van der Waals surface area contributed by atoms with Gasteiger partial charge in [-0.1, -0.05) is 29.3 Å². The van der Waals surface area contributed by atoms with E-state index in [2.05, 4.69) is 10.4 Å². The second kappa shape index (κ2) is 9.13. The molecule has 1 aromatic heterocycles. The minimum Gasteiger partial charge on any atom is -0.351 e. The number of rotatable bonds is 3. The van der Waals surface area contributed by atoms with Crippen LogP contribution in [0.4, 0.5) is 23.7 Å². The third-order valence-corrected chi connectivity index (χ3v) is 6.15. The van der Waals surface area contributed by atoms with Crippen LogP contribution in [0.15, 0.2) is 36.4 Å². The number of primary amides is 1. The van der Waals surface area contributed by atoms with E-state index in [1.807, 2.05) is 0 Å². The van der Waals surface area contributed by atoms with Crippen LogP contribution in [0, 0.1) is 11.3 Å². The first-order chi connectivity index (χ1) is 16.5. The number of aromatic nitrogens is 2. The van der Waals surface area contributed by atoms with Gasteiger partial charge in [-0.2, -0.15) is 23.5 Å². The van der Waals surface area contributed by atoms with E-state index in [1.165, 1.54) is 33.9 Å². The molecule has 0 atom stereocenters. The largest absolute Gasteiger partial charge is 0.417 e. The zero-order valence-electron chi connectivity index (χ0n) is 17.7. The van der Waals surface area contributed by atoms with E-state index in [-0.39, 0.29) is 46.6 Å². The van der Waals surface area contributed by atoms with Gasteiger partial charge in [-0.25, -0.2) is 4.79 Å². The molecular weight excluding hydrogens is 508 g/mol. The average Bonchev–Trinajstić information content (AvgIpc) is 3.19. The molecule has 0 saturated heterocycles. The summed E-state index contributed by atoms with van der Waals surface area (Å²) in [6.45, 7) is 0.471. The highest BCUT2D eigenvalue weighted by Gasteiger charge is 2.35. The topological polar surface area (TPSA) is 117 Å². The Balaban J connectivity index is 1.80. The highest BCUT2D eigenvalue weighted by atomic mass is 35.5. The number of benzene rings is 2. The molecule has 0 saturated carbocycles. The first-order valence-electron chi connectivity index (χ1n) is 10.0. The molecule has 180 valence electrons. The quantitative estimate of drug-likeness (QED) is 0.508. The van der Waals surface area contributed by atoms with E-state index in [1.54, 1.807) is 6.07 Å². The summed E-state index contributed by atoms with van der Waals surface area (Å²) in [5.74, 6) is -0.767. The molecule has 3 aromatic rings. The lowest BCUT2D eigenvalue weighted by Crippen LogP contribution is -2.42. The Labute approximate surface area is 206 Å². The maximum absolute atomic E-state index is 13.4.